The Bertz CT molecular complexity index is 1720. The lowest BCUT2D eigenvalue weighted by Crippen LogP contribution is -2.66. The van der Waals surface area contributed by atoms with Crippen LogP contribution in [0.15, 0.2) is 36.5 Å². The smallest absolute Gasteiger partial charge is 0.220 e. The first kappa shape index (κ1) is 79.2. The minimum Gasteiger partial charge on any atom is -0.394 e. The van der Waals surface area contributed by atoms with Crippen molar-refractivity contribution in [3.8, 4) is 0 Å². The van der Waals surface area contributed by atoms with Crippen LogP contribution in [0.1, 0.15) is 258 Å². The first-order valence-corrected chi connectivity index (χ1v) is 34.7. The maximum Gasteiger partial charge on any atom is 0.220 e. The molecule has 0 aromatic rings. The molecule has 17 unspecified atom stereocenters. The fourth-order valence-electron chi connectivity index (χ4n) is 11.7. The molecule has 12 N–H and O–H groups in total. The fraction of sp³-hybridized carbons (Fsp3) is 0.897. The molecule has 0 aromatic heterocycles. The van der Waals surface area contributed by atoms with Crippen molar-refractivity contribution in [1.29, 1.82) is 0 Å². The Morgan fingerprint density at radius 1 is 0.402 bits per heavy atom. The fourth-order valence-corrected chi connectivity index (χ4v) is 11.7. The third kappa shape index (κ3) is 32.9. The highest BCUT2D eigenvalue weighted by Crippen LogP contribution is 2.33. The molecule has 1 amide bonds. The first-order chi connectivity index (χ1) is 42.3. The Morgan fingerprint density at radius 2 is 0.736 bits per heavy atom. The van der Waals surface area contributed by atoms with Gasteiger partial charge in [-0.15, -0.1) is 0 Å². The molecule has 17 atom stereocenters. The van der Waals surface area contributed by atoms with Crippen LogP contribution in [0, 0.1) is 0 Å². The van der Waals surface area contributed by atoms with E-state index in [0.717, 1.165) is 44.9 Å². The molecule has 0 radical (unpaired) electrons. The summed E-state index contributed by atoms with van der Waals surface area (Å²) in [5.74, 6) is -0.287. The highest BCUT2D eigenvalue weighted by atomic mass is 16.8. The van der Waals surface area contributed by atoms with Gasteiger partial charge in [0, 0.05) is 6.42 Å². The van der Waals surface area contributed by atoms with Crippen LogP contribution in [-0.4, -0.2) is 193 Å². The topological polar surface area (TPSA) is 307 Å². The normalized spacial score (nSPS) is 28.8. The van der Waals surface area contributed by atoms with E-state index in [-0.39, 0.29) is 18.9 Å². The van der Waals surface area contributed by atoms with Crippen molar-refractivity contribution in [3.05, 3.63) is 36.5 Å². The summed E-state index contributed by atoms with van der Waals surface area (Å²) >= 11 is 0. The summed E-state index contributed by atoms with van der Waals surface area (Å²) in [7, 11) is 0. The number of aliphatic hydroxyl groups excluding tert-OH is 11. The third-order valence-corrected chi connectivity index (χ3v) is 17.4. The lowest BCUT2D eigenvalue weighted by molar-refractivity contribution is -0.379. The van der Waals surface area contributed by atoms with Crippen LogP contribution in [0.25, 0.3) is 0 Å². The lowest BCUT2D eigenvalue weighted by atomic mass is 9.96. The number of aliphatic hydroxyl groups is 11. The van der Waals surface area contributed by atoms with Crippen molar-refractivity contribution in [2.24, 2.45) is 0 Å². The van der Waals surface area contributed by atoms with Gasteiger partial charge in [0.25, 0.3) is 0 Å². The minimum atomic E-state index is -1.98. The molecule has 0 saturated carbocycles. The van der Waals surface area contributed by atoms with Gasteiger partial charge in [-0.25, -0.2) is 0 Å². The van der Waals surface area contributed by atoms with Crippen molar-refractivity contribution >= 4 is 5.91 Å². The van der Waals surface area contributed by atoms with Crippen LogP contribution in [0.5, 0.6) is 0 Å². The van der Waals surface area contributed by atoms with Gasteiger partial charge in [-0.3, -0.25) is 4.79 Å². The predicted octanol–water partition coefficient (Wildman–Crippen LogP) is 8.83. The monoisotopic (exact) mass is 1240 g/mol. The number of carbonyl (C=O) groups excluding carboxylic acids is 1. The number of hydrogen-bond acceptors (Lipinski definition) is 18. The summed E-state index contributed by atoms with van der Waals surface area (Å²) in [5, 5.41) is 120. The molecule has 3 fully saturated rings. The number of unbranched alkanes of at least 4 members (excludes halogenated alkanes) is 33. The number of nitrogens with one attached hydrogen (secondary N) is 1. The van der Waals surface area contributed by atoms with Crippen molar-refractivity contribution in [1.82, 2.24) is 5.32 Å². The number of amides is 1. The average molecular weight is 1240 g/mol. The third-order valence-electron chi connectivity index (χ3n) is 17.4. The summed E-state index contributed by atoms with van der Waals surface area (Å²) < 4.78 is 34.3. The largest absolute Gasteiger partial charge is 0.394 e. The van der Waals surface area contributed by atoms with E-state index in [2.05, 4.69) is 43.5 Å². The van der Waals surface area contributed by atoms with E-state index in [1.54, 1.807) is 6.08 Å². The van der Waals surface area contributed by atoms with Crippen molar-refractivity contribution in [2.75, 3.05) is 26.4 Å². The highest BCUT2D eigenvalue weighted by Gasteiger charge is 2.53. The van der Waals surface area contributed by atoms with E-state index in [1.165, 1.54) is 180 Å². The molecular formula is C68H125NO18. The second-order valence-electron chi connectivity index (χ2n) is 25.0. The Labute approximate surface area is 523 Å². The molecule has 3 rings (SSSR count). The predicted molar refractivity (Wildman–Crippen MR) is 337 cm³/mol. The Kier molecular flexibility index (Phi) is 46.0. The standard InChI is InChI=1S/C68H125NO18/c1-3-5-7-9-11-13-15-17-18-19-20-21-22-23-24-25-26-27-28-29-30-31-32-33-34-36-38-40-42-44-46-56(74)69-51(52(73)45-43-41-39-37-35-16-14-12-10-8-6-4-2)50-82-66-62(80)59(77)64(54(48-71)84-66)87-68-63(81)60(78)65(55(49-72)85-68)86-67-61(79)58(76)57(75)53(47-70)83-67/h10,12,35,37,43,45,51-55,57-68,70-73,75-81H,3-9,11,13-34,36,38-42,44,46-50H2,1-2H3,(H,69,74)/b12-10+,37-35+,45-43+. The van der Waals surface area contributed by atoms with Crippen molar-refractivity contribution < 1.29 is 89.4 Å². The van der Waals surface area contributed by atoms with Gasteiger partial charge in [0.2, 0.25) is 5.91 Å². The summed E-state index contributed by atoms with van der Waals surface area (Å²) in [6, 6.07) is -0.993. The van der Waals surface area contributed by atoms with E-state index >= 15 is 0 Å². The Hall–Kier alpha value is -1.99. The van der Waals surface area contributed by atoms with Gasteiger partial charge in [0.15, 0.2) is 18.9 Å². The number of allylic oxidation sites excluding steroid dienone is 5. The minimum absolute atomic E-state index is 0.236. The average Bonchev–Trinajstić information content (AvgIpc) is 3.30. The van der Waals surface area contributed by atoms with Crippen LogP contribution in [0.2, 0.25) is 0 Å². The highest BCUT2D eigenvalue weighted by molar-refractivity contribution is 5.76. The second kappa shape index (κ2) is 50.6. The zero-order valence-electron chi connectivity index (χ0n) is 53.8. The molecule has 0 spiro atoms. The van der Waals surface area contributed by atoms with E-state index in [0.29, 0.717) is 12.8 Å². The summed E-state index contributed by atoms with van der Waals surface area (Å²) in [4.78, 5) is 13.4. The zero-order chi connectivity index (χ0) is 63.3. The van der Waals surface area contributed by atoms with Crippen LogP contribution < -0.4 is 5.32 Å². The van der Waals surface area contributed by atoms with Crippen LogP contribution >= 0.6 is 0 Å². The first-order valence-electron chi connectivity index (χ1n) is 34.7. The van der Waals surface area contributed by atoms with Crippen LogP contribution in [0.3, 0.4) is 0 Å². The van der Waals surface area contributed by atoms with Gasteiger partial charge in [0.05, 0.1) is 38.6 Å². The molecule has 3 aliphatic rings. The number of hydrogen-bond donors (Lipinski definition) is 12. The van der Waals surface area contributed by atoms with Crippen LogP contribution in [-0.2, 0) is 33.2 Å². The molecule has 0 aromatic carbocycles. The Balaban J connectivity index is 1.37. The molecular weight excluding hydrogens is 1120 g/mol. The molecule has 87 heavy (non-hydrogen) atoms. The molecule has 3 saturated heterocycles. The van der Waals surface area contributed by atoms with Gasteiger partial charge < -0.3 is 89.9 Å². The van der Waals surface area contributed by atoms with Crippen molar-refractivity contribution in [2.45, 2.75) is 362 Å². The molecule has 19 nitrogen and oxygen atoms in total. The number of ether oxygens (including phenoxy) is 6. The van der Waals surface area contributed by atoms with E-state index in [4.69, 9.17) is 28.4 Å². The van der Waals surface area contributed by atoms with Crippen LogP contribution in [0.4, 0.5) is 0 Å². The van der Waals surface area contributed by atoms with E-state index < -0.39 is 124 Å². The van der Waals surface area contributed by atoms with Gasteiger partial charge in [0.1, 0.15) is 73.2 Å². The van der Waals surface area contributed by atoms with Gasteiger partial charge in [-0.2, -0.15) is 0 Å². The van der Waals surface area contributed by atoms with Crippen molar-refractivity contribution in [3.63, 3.8) is 0 Å². The maximum atomic E-state index is 13.4. The maximum absolute atomic E-state index is 13.4. The number of carbonyl (C=O) groups is 1. The quantitative estimate of drug-likeness (QED) is 0.0200. The molecule has 0 bridgehead atoms. The Morgan fingerprint density at radius 3 is 1.14 bits per heavy atom. The SMILES string of the molecule is CCCC/C=C/CC/C=C/CC/C=C/C(O)C(COC1OC(CO)C(OC2OC(CO)C(OC3OC(CO)C(O)C(O)C3O)C(O)C2O)C(O)C1O)NC(=O)CCCCCCCCCCCCCCCCCCCCCCCCCCCCCCCC. The number of rotatable bonds is 53. The lowest BCUT2D eigenvalue weighted by Gasteiger charge is -2.48. The molecule has 510 valence electrons. The summed E-state index contributed by atoms with van der Waals surface area (Å²) in [6.07, 6.45) is 31.6. The van der Waals surface area contributed by atoms with Gasteiger partial charge >= 0.3 is 0 Å². The van der Waals surface area contributed by atoms with E-state index in [1.807, 2.05) is 6.08 Å². The molecule has 3 aliphatic heterocycles. The second-order valence-corrected chi connectivity index (χ2v) is 25.0. The molecule has 0 aliphatic carbocycles. The molecule has 3 heterocycles. The van der Waals surface area contributed by atoms with Gasteiger partial charge in [-0.05, 0) is 38.5 Å². The van der Waals surface area contributed by atoms with E-state index in [9.17, 15) is 61.0 Å². The zero-order valence-corrected chi connectivity index (χ0v) is 53.8. The molecule has 19 heteroatoms. The van der Waals surface area contributed by atoms with Gasteiger partial charge in [-0.1, -0.05) is 249 Å². The summed E-state index contributed by atoms with van der Waals surface area (Å²) in [5.41, 5.74) is 0. The summed E-state index contributed by atoms with van der Waals surface area (Å²) in [6.45, 7) is 1.67.